The van der Waals surface area contributed by atoms with Gasteiger partial charge in [-0.25, -0.2) is 0 Å². The summed E-state index contributed by atoms with van der Waals surface area (Å²) in [6, 6.07) is 3.82. The van der Waals surface area contributed by atoms with E-state index < -0.39 is 17.7 Å². The Bertz CT molecular complexity index is 712. The number of anilines is 1. The van der Waals surface area contributed by atoms with Crippen LogP contribution in [0, 0.1) is 10.1 Å². The van der Waals surface area contributed by atoms with Crippen LogP contribution in [0.3, 0.4) is 0 Å². The number of halogens is 4. The van der Waals surface area contributed by atoms with Crippen molar-refractivity contribution in [2.45, 2.75) is 12.6 Å². The van der Waals surface area contributed by atoms with Gasteiger partial charge in [0.05, 0.1) is 22.2 Å². The van der Waals surface area contributed by atoms with Gasteiger partial charge >= 0.3 is 6.18 Å². The molecule has 2 rings (SSSR count). The molecule has 0 saturated carbocycles. The van der Waals surface area contributed by atoms with E-state index in [9.17, 15) is 28.1 Å². The second-order valence-electron chi connectivity index (χ2n) is 6.61. The second-order valence-corrected chi connectivity index (χ2v) is 7.02. The average Bonchev–Trinajstić information content (AvgIpc) is 2.63. The number of carbonyl (C=O) groups is 1. The van der Waals surface area contributed by atoms with Gasteiger partial charge in [-0.3, -0.25) is 19.8 Å². The van der Waals surface area contributed by atoms with Crippen molar-refractivity contribution in [1.29, 1.82) is 0 Å². The molecule has 8 nitrogen and oxygen atoms in total. The van der Waals surface area contributed by atoms with Crippen LogP contribution in [-0.4, -0.2) is 79.3 Å². The monoisotopic (exact) mass is 438 g/mol. The number of non-ortho nitro benzene ring substituents is 1. The van der Waals surface area contributed by atoms with Crippen molar-refractivity contribution in [2.24, 2.45) is 0 Å². The number of rotatable bonds is 9. The van der Waals surface area contributed by atoms with E-state index in [1.54, 1.807) is 0 Å². The number of amides is 1. The van der Waals surface area contributed by atoms with Crippen molar-refractivity contribution in [1.82, 2.24) is 9.80 Å². The number of carbonyl (C=O) groups excluding carboxylic acids is 1. The quantitative estimate of drug-likeness (QED) is 0.362. The van der Waals surface area contributed by atoms with Gasteiger partial charge in [0.25, 0.3) is 5.69 Å². The highest BCUT2D eigenvalue weighted by Gasteiger charge is 2.27. The molecule has 0 unspecified atom stereocenters. The number of hydrogen-bond acceptors (Lipinski definition) is 6. The summed E-state index contributed by atoms with van der Waals surface area (Å²) in [7, 11) is 0. The third-order valence-electron chi connectivity index (χ3n) is 4.30. The van der Waals surface area contributed by atoms with Gasteiger partial charge in [-0.05, 0) is 12.5 Å². The highest BCUT2D eigenvalue weighted by atomic mass is 35.5. The number of benzene rings is 1. The van der Waals surface area contributed by atoms with Crippen molar-refractivity contribution >= 4 is 28.9 Å². The number of nitrogens with one attached hydrogen (secondary N) is 1. The zero-order valence-corrected chi connectivity index (χ0v) is 16.3. The minimum Gasteiger partial charge on any atom is -0.372 e. The van der Waals surface area contributed by atoms with Gasteiger partial charge in [0.15, 0.2) is 0 Å². The molecule has 0 spiro atoms. The van der Waals surface area contributed by atoms with Gasteiger partial charge in [-0.15, -0.1) is 0 Å². The molecule has 0 aliphatic carbocycles. The first-order valence-electron chi connectivity index (χ1n) is 8.97. The summed E-state index contributed by atoms with van der Waals surface area (Å²) >= 11 is 5.96. The maximum Gasteiger partial charge on any atom is 0.411 e. The Labute approximate surface area is 170 Å². The van der Waals surface area contributed by atoms with Gasteiger partial charge < -0.3 is 15.0 Å². The van der Waals surface area contributed by atoms with Crippen molar-refractivity contribution in [2.75, 3.05) is 57.8 Å². The molecular weight excluding hydrogens is 417 g/mol. The lowest BCUT2D eigenvalue weighted by molar-refractivity contribution is -0.384. The summed E-state index contributed by atoms with van der Waals surface area (Å²) in [6.45, 7) is 2.30. The smallest absolute Gasteiger partial charge is 0.372 e. The maximum atomic E-state index is 12.2. The van der Waals surface area contributed by atoms with Crippen LogP contribution in [0.5, 0.6) is 0 Å². The van der Waals surface area contributed by atoms with Crippen LogP contribution in [0.15, 0.2) is 18.2 Å². The molecule has 1 N–H and O–H groups in total. The van der Waals surface area contributed by atoms with Gasteiger partial charge in [0.2, 0.25) is 5.91 Å². The molecule has 1 fully saturated rings. The fourth-order valence-corrected chi connectivity index (χ4v) is 3.08. The van der Waals surface area contributed by atoms with Crippen molar-refractivity contribution in [3.05, 3.63) is 33.3 Å². The van der Waals surface area contributed by atoms with E-state index >= 15 is 0 Å². The van der Waals surface area contributed by atoms with Gasteiger partial charge in [-0.1, -0.05) is 11.6 Å². The molecule has 1 aliphatic heterocycles. The summed E-state index contributed by atoms with van der Waals surface area (Å²) < 4.78 is 40.5. The summed E-state index contributed by atoms with van der Waals surface area (Å²) in [6.07, 6.45) is -3.79. The van der Waals surface area contributed by atoms with E-state index in [0.717, 1.165) is 0 Å². The van der Waals surface area contributed by atoms with Crippen LogP contribution in [0.2, 0.25) is 5.02 Å². The topological polar surface area (TPSA) is 88.0 Å². The third-order valence-corrected chi connectivity index (χ3v) is 4.61. The molecule has 0 radical (unpaired) electrons. The Hall–Kier alpha value is -1.95. The van der Waals surface area contributed by atoms with E-state index in [-0.39, 0.29) is 29.8 Å². The standard InChI is InChI=1S/C17H22ClF3N4O4/c18-14-10-13(25(27)28)2-3-15(14)22-16(26)11-24-7-5-23(6-8-24)4-1-9-29-12-17(19,20)21/h2-3,10H,1,4-9,11-12H2,(H,22,26). The first kappa shape index (κ1) is 23.3. The number of nitrogens with zero attached hydrogens (tertiary/aromatic N) is 3. The van der Waals surface area contributed by atoms with Gasteiger partial charge in [-0.2, -0.15) is 13.2 Å². The molecule has 1 aromatic carbocycles. The molecule has 1 heterocycles. The number of piperazine rings is 1. The predicted octanol–water partition coefficient (Wildman–Crippen LogP) is 2.77. The molecule has 12 heteroatoms. The van der Waals surface area contributed by atoms with Crippen molar-refractivity contribution in [3.8, 4) is 0 Å². The Balaban J connectivity index is 1.66. The Morgan fingerprint density at radius 2 is 1.90 bits per heavy atom. The lowest BCUT2D eigenvalue weighted by atomic mass is 10.2. The summed E-state index contributed by atoms with van der Waals surface area (Å²) in [5, 5.41) is 13.4. The summed E-state index contributed by atoms with van der Waals surface area (Å²) in [5.41, 5.74) is 0.146. The third kappa shape index (κ3) is 8.52. The minimum atomic E-state index is -4.30. The average molecular weight is 439 g/mol. The van der Waals surface area contributed by atoms with Crippen molar-refractivity contribution in [3.63, 3.8) is 0 Å². The van der Waals surface area contributed by atoms with E-state index in [0.29, 0.717) is 44.8 Å². The van der Waals surface area contributed by atoms with Gasteiger partial charge in [0, 0.05) is 51.5 Å². The van der Waals surface area contributed by atoms with E-state index in [4.69, 9.17) is 11.6 Å². The predicted molar refractivity (Wildman–Crippen MR) is 101 cm³/mol. The molecule has 1 amide bonds. The first-order chi connectivity index (χ1) is 13.6. The largest absolute Gasteiger partial charge is 0.411 e. The molecule has 29 heavy (non-hydrogen) atoms. The maximum absolute atomic E-state index is 12.2. The normalized spacial score (nSPS) is 16.0. The van der Waals surface area contributed by atoms with Crippen LogP contribution in [0.25, 0.3) is 0 Å². The minimum absolute atomic E-state index is 0.0537. The highest BCUT2D eigenvalue weighted by molar-refractivity contribution is 6.34. The number of nitro benzene ring substituents is 1. The van der Waals surface area contributed by atoms with Crippen LogP contribution < -0.4 is 5.32 Å². The number of hydrogen-bond donors (Lipinski definition) is 1. The highest BCUT2D eigenvalue weighted by Crippen LogP contribution is 2.26. The molecule has 1 aliphatic rings. The molecule has 1 saturated heterocycles. The lowest BCUT2D eigenvalue weighted by Gasteiger charge is -2.34. The Morgan fingerprint density at radius 3 is 2.48 bits per heavy atom. The zero-order valence-electron chi connectivity index (χ0n) is 15.6. The van der Waals surface area contributed by atoms with E-state index in [1.165, 1.54) is 18.2 Å². The molecule has 0 bridgehead atoms. The van der Waals surface area contributed by atoms with Crippen LogP contribution in [0.4, 0.5) is 24.5 Å². The van der Waals surface area contributed by atoms with Crippen LogP contribution in [0.1, 0.15) is 6.42 Å². The fraction of sp³-hybridized carbons (Fsp3) is 0.588. The molecular formula is C17H22ClF3N4O4. The number of alkyl halides is 3. The van der Waals surface area contributed by atoms with Crippen LogP contribution in [-0.2, 0) is 9.53 Å². The van der Waals surface area contributed by atoms with Crippen molar-refractivity contribution < 1.29 is 27.6 Å². The lowest BCUT2D eigenvalue weighted by Crippen LogP contribution is -2.48. The SMILES string of the molecule is O=C(CN1CCN(CCCOCC(F)(F)F)CC1)Nc1ccc([N+](=O)[O-])cc1Cl. The molecule has 0 aromatic heterocycles. The van der Waals surface area contributed by atoms with Crippen LogP contribution >= 0.6 is 11.6 Å². The number of nitro groups is 1. The zero-order chi connectivity index (χ0) is 21.4. The molecule has 162 valence electrons. The molecule has 0 atom stereocenters. The number of ether oxygens (including phenoxy) is 1. The van der Waals surface area contributed by atoms with E-state index in [2.05, 4.69) is 15.0 Å². The summed E-state index contributed by atoms with van der Waals surface area (Å²) in [5.74, 6) is -0.283. The van der Waals surface area contributed by atoms with E-state index in [1.807, 2.05) is 4.90 Å². The first-order valence-corrected chi connectivity index (χ1v) is 9.35. The van der Waals surface area contributed by atoms with Gasteiger partial charge in [0.1, 0.15) is 6.61 Å². The second kappa shape index (κ2) is 10.7. The fourth-order valence-electron chi connectivity index (χ4n) is 2.86. The Kier molecular flexibility index (Phi) is 8.62. The Morgan fingerprint density at radius 1 is 1.24 bits per heavy atom. The molecule has 1 aromatic rings. The summed E-state index contributed by atoms with van der Waals surface area (Å²) in [4.78, 5) is 26.4.